The van der Waals surface area contributed by atoms with Crippen molar-refractivity contribution in [3.05, 3.63) is 29.6 Å². The summed E-state index contributed by atoms with van der Waals surface area (Å²) in [6, 6.07) is 4.57. The number of carbonyl (C=O) groups excluding carboxylic acids is 1. The van der Waals surface area contributed by atoms with Gasteiger partial charge < -0.3 is 10.5 Å². The van der Waals surface area contributed by atoms with E-state index in [9.17, 15) is 9.18 Å². The van der Waals surface area contributed by atoms with Crippen LogP contribution in [0.1, 0.15) is 39.2 Å². The van der Waals surface area contributed by atoms with Gasteiger partial charge in [0.05, 0.1) is 5.54 Å². The molecule has 2 aliphatic rings. The number of nitrogen functional groups attached to an aromatic ring is 1. The summed E-state index contributed by atoms with van der Waals surface area (Å²) in [5, 5.41) is 3.18. The van der Waals surface area contributed by atoms with Crippen molar-refractivity contribution in [2.45, 2.75) is 44.8 Å². The lowest BCUT2D eigenvalue weighted by atomic mass is 10.0. The van der Waals surface area contributed by atoms with Gasteiger partial charge in [0.15, 0.2) is 5.17 Å². The fraction of sp³-hybridized carbons (Fsp3) is 0.529. The number of fused-ring (bicyclic) bond motifs is 1. The molecule has 0 spiro atoms. The molecule has 0 saturated heterocycles. The molecule has 1 aliphatic carbocycles. The van der Waals surface area contributed by atoms with Crippen molar-refractivity contribution in [3.63, 3.8) is 0 Å². The third kappa shape index (κ3) is 3.50. The average molecular weight is 351 g/mol. The van der Waals surface area contributed by atoms with E-state index in [2.05, 4.69) is 5.32 Å². The molecule has 1 aromatic carbocycles. The third-order valence-electron chi connectivity index (χ3n) is 4.14. The van der Waals surface area contributed by atoms with Crippen molar-refractivity contribution in [1.29, 1.82) is 0 Å². The van der Waals surface area contributed by atoms with Crippen LogP contribution in [0.25, 0.3) is 0 Å². The number of carbonyl (C=O) groups is 1. The van der Waals surface area contributed by atoms with Crippen LogP contribution in [-0.2, 0) is 10.3 Å². The first-order valence-corrected chi connectivity index (χ1v) is 8.96. The maximum atomic E-state index is 14.3. The zero-order valence-corrected chi connectivity index (χ0v) is 14.9. The van der Waals surface area contributed by atoms with Crippen LogP contribution in [0, 0.1) is 11.7 Å². The van der Waals surface area contributed by atoms with Crippen LogP contribution in [0.3, 0.4) is 0 Å². The number of thioether (sulfide) groups is 1. The molecule has 1 aliphatic heterocycles. The molecule has 1 aromatic rings. The van der Waals surface area contributed by atoms with E-state index >= 15 is 0 Å². The Morgan fingerprint density at radius 3 is 2.96 bits per heavy atom. The number of halogens is 1. The molecule has 3 rings (SSSR count). The maximum absolute atomic E-state index is 14.3. The van der Waals surface area contributed by atoms with Crippen molar-refractivity contribution in [3.8, 4) is 0 Å². The molecule has 1 heterocycles. The Bertz CT molecular complexity index is 702. The number of nitrogens with zero attached hydrogens (tertiary/aromatic N) is 1. The molecule has 130 valence electrons. The number of amidine groups is 1. The van der Waals surface area contributed by atoms with Gasteiger partial charge in [0, 0.05) is 17.0 Å². The average Bonchev–Trinajstić information content (AvgIpc) is 3.14. The van der Waals surface area contributed by atoms with Crippen molar-refractivity contribution in [1.82, 2.24) is 5.32 Å². The van der Waals surface area contributed by atoms with Gasteiger partial charge in [0.25, 0.3) is 0 Å². The molecule has 3 N–H and O–H groups in total. The predicted octanol–water partition coefficient (Wildman–Crippen LogP) is 3.64. The lowest BCUT2D eigenvalue weighted by Crippen LogP contribution is -2.35. The van der Waals surface area contributed by atoms with Crippen LogP contribution in [-0.4, -0.2) is 22.6 Å². The number of aliphatic imine (C=N–C) groups is 1. The van der Waals surface area contributed by atoms with Gasteiger partial charge in [-0.15, -0.1) is 0 Å². The van der Waals surface area contributed by atoms with Crippen LogP contribution in [0.15, 0.2) is 23.2 Å². The third-order valence-corrected chi connectivity index (χ3v) is 5.05. The van der Waals surface area contributed by atoms with Crippen molar-refractivity contribution >= 4 is 28.7 Å². The minimum absolute atomic E-state index is 0.277. The summed E-state index contributed by atoms with van der Waals surface area (Å²) < 4.78 is 19.6. The van der Waals surface area contributed by atoms with Gasteiger partial charge in [0.1, 0.15) is 11.4 Å². The molecule has 7 heteroatoms. The Kier molecular flexibility index (Phi) is 4.23. The van der Waals surface area contributed by atoms with E-state index in [0.29, 0.717) is 16.4 Å². The Hall–Kier alpha value is -1.76. The molecule has 1 saturated carbocycles. The predicted molar refractivity (Wildman–Crippen MR) is 94.5 cm³/mol. The molecular weight excluding hydrogens is 329 g/mol. The van der Waals surface area contributed by atoms with E-state index in [1.807, 2.05) is 0 Å². The highest BCUT2D eigenvalue weighted by molar-refractivity contribution is 8.13. The lowest BCUT2D eigenvalue weighted by Gasteiger charge is -2.20. The second-order valence-corrected chi connectivity index (χ2v) is 8.33. The summed E-state index contributed by atoms with van der Waals surface area (Å²) in [5.41, 5.74) is 5.65. The van der Waals surface area contributed by atoms with Crippen LogP contribution >= 0.6 is 11.8 Å². The van der Waals surface area contributed by atoms with Crippen LogP contribution in [0.4, 0.5) is 14.9 Å². The topological polar surface area (TPSA) is 76.7 Å². The van der Waals surface area contributed by atoms with Gasteiger partial charge in [-0.3, -0.25) is 10.3 Å². The van der Waals surface area contributed by atoms with Gasteiger partial charge in [-0.1, -0.05) is 11.8 Å². The van der Waals surface area contributed by atoms with Gasteiger partial charge in [-0.2, -0.15) is 0 Å². The number of hydrogen-bond donors (Lipinski definition) is 2. The normalized spacial score (nSPS) is 26.0. The molecule has 1 fully saturated rings. The Morgan fingerprint density at radius 1 is 1.50 bits per heavy atom. The van der Waals surface area contributed by atoms with E-state index in [1.165, 1.54) is 17.8 Å². The summed E-state index contributed by atoms with van der Waals surface area (Å²) in [6.45, 7) is 5.40. The van der Waals surface area contributed by atoms with Crippen LogP contribution in [0.5, 0.6) is 0 Å². The second-order valence-electron chi connectivity index (χ2n) is 7.25. The number of alkyl carbamates (subject to hydrolysis) is 1. The minimum atomic E-state index is -0.618. The van der Waals surface area contributed by atoms with E-state index in [4.69, 9.17) is 15.5 Å². The quantitative estimate of drug-likeness (QED) is 0.757. The largest absolute Gasteiger partial charge is 0.444 e. The van der Waals surface area contributed by atoms with E-state index in [1.54, 1.807) is 32.9 Å². The minimum Gasteiger partial charge on any atom is -0.444 e. The SMILES string of the molecule is CC(C)(C)OC(=O)NC1=NC2(c3cc(N)ccc3F)CC2CCS1. The summed E-state index contributed by atoms with van der Waals surface area (Å²) in [4.78, 5) is 16.7. The van der Waals surface area contributed by atoms with E-state index in [0.717, 1.165) is 18.6 Å². The first-order valence-electron chi connectivity index (χ1n) is 7.98. The first-order chi connectivity index (χ1) is 11.2. The molecule has 24 heavy (non-hydrogen) atoms. The number of anilines is 1. The second kappa shape index (κ2) is 5.95. The molecular formula is C17H22FN3O2S. The number of rotatable bonds is 1. The maximum Gasteiger partial charge on any atom is 0.413 e. The van der Waals surface area contributed by atoms with Crippen molar-refractivity contribution in [2.24, 2.45) is 10.9 Å². The van der Waals surface area contributed by atoms with Gasteiger partial charge >= 0.3 is 6.09 Å². The summed E-state index contributed by atoms with van der Waals surface area (Å²) in [7, 11) is 0. The number of nitrogens with two attached hydrogens (primary N) is 1. The standard InChI is InChI=1S/C17H22FN3O2S/c1-16(2,3)23-15(22)20-14-21-17(9-10(17)6-7-24-14)12-8-11(19)4-5-13(12)18/h4-5,8,10H,6-7,9,19H2,1-3H3,(H,20,21,22). The smallest absolute Gasteiger partial charge is 0.413 e. The summed E-state index contributed by atoms with van der Waals surface area (Å²) >= 11 is 1.46. The van der Waals surface area contributed by atoms with Gasteiger partial charge in [0.2, 0.25) is 0 Å². The van der Waals surface area contributed by atoms with E-state index in [-0.39, 0.29) is 11.7 Å². The highest BCUT2D eigenvalue weighted by Crippen LogP contribution is 2.59. The van der Waals surface area contributed by atoms with Crippen molar-refractivity contribution in [2.75, 3.05) is 11.5 Å². The molecule has 0 radical (unpaired) electrons. The molecule has 1 amide bonds. The van der Waals surface area contributed by atoms with Gasteiger partial charge in [-0.25, -0.2) is 9.18 Å². The highest BCUT2D eigenvalue weighted by Gasteiger charge is 2.57. The summed E-state index contributed by atoms with van der Waals surface area (Å²) in [6.07, 6.45) is 1.14. The number of amides is 1. The molecule has 2 unspecified atom stereocenters. The molecule has 0 bridgehead atoms. The molecule has 5 nitrogen and oxygen atoms in total. The van der Waals surface area contributed by atoms with Crippen LogP contribution < -0.4 is 11.1 Å². The Balaban J connectivity index is 1.86. The highest BCUT2D eigenvalue weighted by atomic mass is 32.2. The number of benzene rings is 1. The molecule has 2 atom stereocenters. The first kappa shape index (κ1) is 17.1. The Labute approximate surface area is 145 Å². The monoisotopic (exact) mass is 351 g/mol. The fourth-order valence-electron chi connectivity index (χ4n) is 3.03. The number of ether oxygens (including phenoxy) is 1. The zero-order valence-electron chi connectivity index (χ0n) is 14.1. The van der Waals surface area contributed by atoms with Crippen molar-refractivity contribution < 1.29 is 13.9 Å². The fourth-order valence-corrected chi connectivity index (χ4v) is 4.00. The number of nitrogens with one attached hydrogen (secondary N) is 1. The lowest BCUT2D eigenvalue weighted by molar-refractivity contribution is 0.0564. The summed E-state index contributed by atoms with van der Waals surface area (Å²) in [5.74, 6) is 0.795. The Morgan fingerprint density at radius 2 is 2.25 bits per heavy atom. The zero-order chi connectivity index (χ0) is 17.5. The van der Waals surface area contributed by atoms with Gasteiger partial charge in [-0.05, 0) is 57.7 Å². The molecule has 0 aromatic heterocycles. The van der Waals surface area contributed by atoms with Crippen LogP contribution in [0.2, 0.25) is 0 Å². The van der Waals surface area contributed by atoms with E-state index < -0.39 is 17.2 Å². The number of hydrogen-bond acceptors (Lipinski definition) is 5.